The maximum Gasteiger partial charge on any atom is 0.0665 e. The monoisotopic (exact) mass is 159 g/mol. The van der Waals surface area contributed by atoms with Crippen LogP contribution in [0.25, 0.3) is 0 Å². The first-order valence-corrected chi connectivity index (χ1v) is 4.44. The molecule has 3 unspecified atom stereocenters. The summed E-state index contributed by atoms with van der Waals surface area (Å²) in [5.74, 6) is 1.000. The Hall–Kier alpha value is -0.0800. The third kappa shape index (κ3) is 3.21. The van der Waals surface area contributed by atoms with E-state index in [1.54, 1.807) is 6.92 Å². The molecule has 2 nitrogen and oxygen atoms in total. The quantitative estimate of drug-likeness (QED) is 0.651. The standard InChI is InChI=1S/C9H21NO/c1-5-6(2)7(3)9(10)8(4)11/h6-9,11H,5,10H2,1-4H3/t6-,7?,8?,9?/m0/s1. The summed E-state index contributed by atoms with van der Waals surface area (Å²) in [5, 5.41) is 9.21. The Morgan fingerprint density at radius 2 is 1.73 bits per heavy atom. The molecule has 0 aromatic rings. The van der Waals surface area contributed by atoms with Crippen molar-refractivity contribution in [3.05, 3.63) is 0 Å². The van der Waals surface area contributed by atoms with Gasteiger partial charge >= 0.3 is 0 Å². The predicted molar refractivity (Wildman–Crippen MR) is 48.3 cm³/mol. The number of rotatable bonds is 4. The third-order valence-electron chi connectivity index (χ3n) is 2.71. The summed E-state index contributed by atoms with van der Waals surface area (Å²) in [6.07, 6.45) is 0.737. The van der Waals surface area contributed by atoms with Gasteiger partial charge in [-0.2, -0.15) is 0 Å². The van der Waals surface area contributed by atoms with E-state index in [1.165, 1.54) is 0 Å². The largest absolute Gasteiger partial charge is 0.392 e. The Morgan fingerprint density at radius 1 is 1.27 bits per heavy atom. The first-order chi connectivity index (χ1) is 5.00. The van der Waals surface area contributed by atoms with Gasteiger partial charge in [0.05, 0.1) is 6.10 Å². The van der Waals surface area contributed by atoms with Gasteiger partial charge in [0.25, 0.3) is 0 Å². The highest BCUT2D eigenvalue weighted by Crippen LogP contribution is 2.18. The zero-order chi connectivity index (χ0) is 9.02. The van der Waals surface area contributed by atoms with Crippen LogP contribution in [0.2, 0.25) is 0 Å². The van der Waals surface area contributed by atoms with Crippen molar-refractivity contribution in [2.24, 2.45) is 17.6 Å². The van der Waals surface area contributed by atoms with E-state index in [2.05, 4.69) is 20.8 Å². The Labute approximate surface area is 69.8 Å². The van der Waals surface area contributed by atoms with E-state index in [4.69, 9.17) is 5.73 Å². The zero-order valence-corrected chi connectivity index (χ0v) is 8.04. The van der Waals surface area contributed by atoms with Gasteiger partial charge < -0.3 is 10.8 Å². The molecule has 3 N–H and O–H groups in total. The molecule has 0 bridgehead atoms. The molecule has 0 rings (SSSR count). The maximum absolute atomic E-state index is 9.21. The molecule has 0 fully saturated rings. The minimum absolute atomic E-state index is 0.0788. The Morgan fingerprint density at radius 3 is 2.00 bits per heavy atom. The van der Waals surface area contributed by atoms with E-state index in [-0.39, 0.29) is 12.1 Å². The molecule has 68 valence electrons. The molecule has 0 heterocycles. The average Bonchev–Trinajstić information content (AvgIpc) is 2.00. The maximum atomic E-state index is 9.21. The van der Waals surface area contributed by atoms with E-state index < -0.39 is 0 Å². The van der Waals surface area contributed by atoms with Gasteiger partial charge in [0.15, 0.2) is 0 Å². The van der Waals surface area contributed by atoms with Crippen molar-refractivity contribution >= 4 is 0 Å². The lowest BCUT2D eigenvalue weighted by atomic mass is 9.85. The normalized spacial score (nSPS) is 22.4. The van der Waals surface area contributed by atoms with Gasteiger partial charge in [0.1, 0.15) is 0 Å². The van der Waals surface area contributed by atoms with Crippen molar-refractivity contribution in [3.8, 4) is 0 Å². The molecule has 2 heteroatoms. The summed E-state index contributed by atoms with van der Waals surface area (Å²) in [4.78, 5) is 0. The van der Waals surface area contributed by atoms with Gasteiger partial charge in [-0.15, -0.1) is 0 Å². The molecule has 0 aliphatic rings. The van der Waals surface area contributed by atoms with Crippen molar-refractivity contribution in [1.29, 1.82) is 0 Å². The first-order valence-electron chi connectivity index (χ1n) is 4.44. The smallest absolute Gasteiger partial charge is 0.0665 e. The van der Waals surface area contributed by atoms with Crippen LogP contribution < -0.4 is 5.73 Å². The van der Waals surface area contributed by atoms with Crippen molar-refractivity contribution in [2.45, 2.75) is 46.3 Å². The highest BCUT2D eigenvalue weighted by molar-refractivity contribution is 4.77. The molecule has 4 atom stereocenters. The highest BCUT2D eigenvalue weighted by atomic mass is 16.3. The van der Waals surface area contributed by atoms with E-state index in [0.29, 0.717) is 11.8 Å². The average molecular weight is 159 g/mol. The predicted octanol–water partition coefficient (Wildman–Crippen LogP) is 1.38. The van der Waals surface area contributed by atoms with Gasteiger partial charge in [-0.25, -0.2) is 0 Å². The Bertz CT molecular complexity index is 104. The van der Waals surface area contributed by atoms with E-state index in [9.17, 15) is 5.11 Å². The summed E-state index contributed by atoms with van der Waals surface area (Å²) in [5.41, 5.74) is 5.79. The molecule has 0 aromatic heterocycles. The molecular formula is C9H21NO. The number of hydrogen-bond acceptors (Lipinski definition) is 2. The SMILES string of the molecule is CC[C@H](C)C(C)C(N)C(C)O. The summed E-state index contributed by atoms with van der Waals surface area (Å²) >= 11 is 0. The van der Waals surface area contributed by atoms with E-state index in [0.717, 1.165) is 6.42 Å². The lowest BCUT2D eigenvalue weighted by molar-refractivity contribution is 0.120. The summed E-state index contributed by atoms with van der Waals surface area (Å²) in [6.45, 7) is 8.18. The molecule has 0 spiro atoms. The molecule has 0 aliphatic heterocycles. The van der Waals surface area contributed by atoms with Crippen LogP contribution in [0.5, 0.6) is 0 Å². The molecule has 0 aliphatic carbocycles. The lowest BCUT2D eigenvalue weighted by Crippen LogP contribution is -2.40. The van der Waals surface area contributed by atoms with Gasteiger partial charge in [0, 0.05) is 6.04 Å². The van der Waals surface area contributed by atoms with Crippen LogP contribution in [0.1, 0.15) is 34.1 Å². The number of nitrogens with two attached hydrogens (primary N) is 1. The summed E-state index contributed by atoms with van der Waals surface area (Å²) in [7, 11) is 0. The molecule has 0 radical (unpaired) electrons. The number of aliphatic hydroxyl groups is 1. The zero-order valence-electron chi connectivity index (χ0n) is 8.04. The fourth-order valence-electron chi connectivity index (χ4n) is 1.19. The van der Waals surface area contributed by atoms with Gasteiger partial charge in [-0.05, 0) is 18.8 Å². The fraction of sp³-hybridized carbons (Fsp3) is 1.00. The molecule has 0 aromatic carbocycles. The highest BCUT2D eigenvalue weighted by Gasteiger charge is 2.21. The van der Waals surface area contributed by atoms with Gasteiger partial charge in [0.2, 0.25) is 0 Å². The van der Waals surface area contributed by atoms with Gasteiger partial charge in [-0.1, -0.05) is 27.2 Å². The molecule has 11 heavy (non-hydrogen) atoms. The van der Waals surface area contributed by atoms with E-state index >= 15 is 0 Å². The fourth-order valence-corrected chi connectivity index (χ4v) is 1.19. The van der Waals surface area contributed by atoms with Crippen LogP contribution >= 0.6 is 0 Å². The van der Waals surface area contributed by atoms with Crippen molar-refractivity contribution in [3.63, 3.8) is 0 Å². The number of aliphatic hydroxyl groups excluding tert-OH is 1. The summed E-state index contributed by atoms with van der Waals surface area (Å²) in [6, 6.07) is -0.0788. The van der Waals surface area contributed by atoms with Crippen molar-refractivity contribution in [1.82, 2.24) is 0 Å². The van der Waals surface area contributed by atoms with Crippen LogP contribution in [0, 0.1) is 11.8 Å². The second-order valence-corrected chi connectivity index (χ2v) is 3.56. The second kappa shape index (κ2) is 4.73. The second-order valence-electron chi connectivity index (χ2n) is 3.56. The van der Waals surface area contributed by atoms with E-state index in [1.807, 2.05) is 0 Å². The summed E-state index contributed by atoms with van der Waals surface area (Å²) < 4.78 is 0. The minimum Gasteiger partial charge on any atom is -0.392 e. The topological polar surface area (TPSA) is 46.2 Å². The molecule has 0 saturated heterocycles. The van der Waals surface area contributed by atoms with Crippen LogP contribution in [-0.4, -0.2) is 17.3 Å². The molecular weight excluding hydrogens is 138 g/mol. The van der Waals surface area contributed by atoms with Crippen LogP contribution in [0.4, 0.5) is 0 Å². The number of hydrogen-bond donors (Lipinski definition) is 2. The first kappa shape index (κ1) is 10.9. The van der Waals surface area contributed by atoms with Crippen LogP contribution in [0.3, 0.4) is 0 Å². The third-order valence-corrected chi connectivity index (χ3v) is 2.71. The lowest BCUT2D eigenvalue weighted by Gasteiger charge is -2.27. The minimum atomic E-state index is -0.390. The van der Waals surface area contributed by atoms with Crippen LogP contribution in [-0.2, 0) is 0 Å². The molecule has 0 saturated carbocycles. The van der Waals surface area contributed by atoms with Crippen molar-refractivity contribution in [2.75, 3.05) is 0 Å². The van der Waals surface area contributed by atoms with Crippen molar-refractivity contribution < 1.29 is 5.11 Å². The van der Waals surface area contributed by atoms with Crippen LogP contribution in [0.15, 0.2) is 0 Å². The van der Waals surface area contributed by atoms with Gasteiger partial charge in [-0.3, -0.25) is 0 Å². The molecule has 0 amide bonds. The Kier molecular flexibility index (Phi) is 4.69. The Balaban J connectivity index is 3.90.